The Balaban J connectivity index is 2.41. The molecule has 106 valence electrons. The lowest BCUT2D eigenvalue weighted by molar-refractivity contribution is 0.598. The molecule has 0 spiro atoms. The van der Waals surface area contributed by atoms with Gasteiger partial charge in [0.05, 0.1) is 5.69 Å². The van der Waals surface area contributed by atoms with Crippen LogP contribution in [0.25, 0.3) is 0 Å². The van der Waals surface area contributed by atoms with Crippen molar-refractivity contribution in [1.29, 1.82) is 0 Å². The Morgan fingerprint density at radius 2 is 1.90 bits per heavy atom. The van der Waals surface area contributed by atoms with E-state index < -0.39 is 15.8 Å². The molecule has 20 heavy (non-hydrogen) atoms. The summed E-state index contributed by atoms with van der Waals surface area (Å²) in [7, 11) is -3.88. The fourth-order valence-electron chi connectivity index (χ4n) is 1.60. The molecular formula is C13H10BrClFNO2S. The van der Waals surface area contributed by atoms with Crippen LogP contribution >= 0.6 is 27.5 Å². The van der Waals surface area contributed by atoms with E-state index in [1.807, 2.05) is 6.92 Å². The van der Waals surface area contributed by atoms with Gasteiger partial charge < -0.3 is 0 Å². The number of sulfonamides is 1. The molecule has 0 saturated heterocycles. The van der Waals surface area contributed by atoms with Gasteiger partial charge in [-0.15, -0.1) is 0 Å². The van der Waals surface area contributed by atoms with E-state index in [4.69, 9.17) is 11.6 Å². The second kappa shape index (κ2) is 5.71. The van der Waals surface area contributed by atoms with Crippen LogP contribution in [0.1, 0.15) is 5.56 Å². The van der Waals surface area contributed by atoms with Gasteiger partial charge in [-0.25, -0.2) is 12.8 Å². The summed E-state index contributed by atoms with van der Waals surface area (Å²) in [6.07, 6.45) is 0. The lowest BCUT2D eigenvalue weighted by Crippen LogP contribution is -2.14. The lowest BCUT2D eigenvalue weighted by Gasteiger charge is -2.11. The molecule has 0 bridgehead atoms. The van der Waals surface area contributed by atoms with Crippen LogP contribution in [-0.2, 0) is 10.0 Å². The van der Waals surface area contributed by atoms with Crippen molar-refractivity contribution in [2.45, 2.75) is 11.8 Å². The minimum Gasteiger partial charge on any atom is -0.277 e. The number of nitrogens with one attached hydrogen (secondary N) is 1. The average Bonchev–Trinajstić information content (AvgIpc) is 2.32. The van der Waals surface area contributed by atoms with E-state index in [2.05, 4.69) is 20.7 Å². The van der Waals surface area contributed by atoms with Crippen molar-refractivity contribution in [3.8, 4) is 0 Å². The molecule has 1 N–H and O–H groups in total. The molecule has 0 aliphatic rings. The number of rotatable bonds is 3. The van der Waals surface area contributed by atoms with Gasteiger partial charge in [-0.1, -0.05) is 17.7 Å². The highest BCUT2D eigenvalue weighted by Gasteiger charge is 2.19. The Hall–Kier alpha value is -1.11. The molecule has 2 aromatic rings. The van der Waals surface area contributed by atoms with E-state index in [1.54, 1.807) is 12.1 Å². The molecule has 2 aromatic carbocycles. The van der Waals surface area contributed by atoms with E-state index >= 15 is 0 Å². The number of anilines is 1. The second-order valence-corrected chi connectivity index (χ2v) is 7.11. The summed E-state index contributed by atoms with van der Waals surface area (Å²) >= 11 is 8.82. The number of hydrogen-bond donors (Lipinski definition) is 1. The standard InChI is InChI=1S/C13H10BrClFNO2S/c1-8-2-5-13(10(14)6-8)20(18,19)17-12-4-3-9(15)7-11(12)16/h2-7,17H,1H3. The predicted molar refractivity (Wildman–Crippen MR) is 81.1 cm³/mol. The van der Waals surface area contributed by atoms with Crippen molar-refractivity contribution < 1.29 is 12.8 Å². The van der Waals surface area contributed by atoms with Gasteiger partial charge in [0.2, 0.25) is 0 Å². The summed E-state index contributed by atoms with van der Waals surface area (Å²) in [6, 6.07) is 8.52. The van der Waals surface area contributed by atoms with Crippen molar-refractivity contribution in [3.63, 3.8) is 0 Å². The van der Waals surface area contributed by atoms with Crippen molar-refractivity contribution in [3.05, 3.63) is 57.3 Å². The highest BCUT2D eigenvalue weighted by molar-refractivity contribution is 9.10. The summed E-state index contributed by atoms with van der Waals surface area (Å²) in [5.74, 6) is -0.732. The molecule has 0 fully saturated rings. The maximum Gasteiger partial charge on any atom is 0.263 e. The molecule has 3 nitrogen and oxygen atoms in total. The normalized spacial score (nSPS) is 11.4. The van der Waals surface area contributed by atoms with Crippen LogP contribution in [-0.4, -0.2) is 8.42 Å². The minimum atomic E-state index is -3.88. The topological polar surface area (TPSA) is 46.2 Å². The SMILES string of the molecule is Cc1ccc(S(=O)(=O)Nc2ccc(Cl)cc2F)c(Br)c1. The molecule has 2 rings (SSSR count). The Bertz CT molecular complexity index is 765. The van der Waals surface area contributed by atoms with Crippen molar-refractivity contribution in [2.24, 2.45) is 0 Å². The maximum atomic E-state index is 13.6. The smallest absolute Gasteiger partial charge is 0.263 e. The first-order valence-corrected chi connectivity index (χ1v) is 8.19. The monoisotopic (exact) mass is 377 g/mol. The summed E-state index contributed by atoms with van der Waals surface area (Å²) < 4.78 is 40.7. The first kappa shape index (κ1) is 15.3. The van der Waals surface area contributed by atoms with E-state index in [9.17, 15) is 12.8 Å². The summed E-state index contributed by atoms with van der Waals surface area (Å²) in [5.41, 5.74) is 0.760. The van der Waals surface area contributed by atoms with E-state index in [0.717, 1.165) is 11.6 Å². The zero-order chi connectivity index (χ0) is 14.9. The van der Waals surface area contributed by atoms with Crippen LogP contribution in [0.2, 0.25) is 5.02 Å². The van der Waals surface area contributed by atoms with Crippen molar-refractivity contribution >= 4 is 43.2 Å². The predicted octanol–water partition coefficient (Wildman–Crippen LogP) is 4.35. The Morgan fingerprint density at radius 1 is 1.20 bits per heavy atom. The Morgan fingerprint density at radius 3 is 2.50 bits per heavy atom. The highest BCUT2D eigenvalue weighted by atomic mass is 79.9. The number of aryl methyl sites for hydroxylation is 1. The fraction of sp³-hybridized carbons (Fsp3) is 0.0769. The van der Waals surface area contributed by atoms with E-state index in [0.29, 0.717) is 4.47 Å². The quantitative estimate of drug-likeness (QED) is 0.863. The molecule has 0 atom stereocenters. The van der Waals surface area contributed by atoms with Gasteiger partial charge in [0.15, 0.2) is 0 Å². The number of benzene rings is 2. The summed E-state index contributed by atoms with van der Waals surface area (Å²) in [6.45, 7) is 1.84. The number of halogens is 3. The molecule has 0 saturated carbocycles. The van der Waals surface area contributed by atoms with Gasteiger partial charge in [0, 0.05) is 9.50 Å². The van der Waals surface area contributed by atoms with Crippen LogP contribution in [0, 0.1) is 12.7 Å². The van der Waals surface area contributed by atoms with E-state index in [-0.39, 0.29) is 15.6 Å². The Kier molecular flexibility index (Phi) is 4.36. The zero-order valence-corrected chi connectivity index (χ0v) is 13.5. The second-order valence-electron chi connectivity index (χ2n) is 4.16. The minimum absolute atomic E-state index is 0.0393. The molecular weight excluding hydrogens is 369 g/mol. The first-order valence-electron chi connectivity index (χ1n) is 5.53. The summed E-state index contributed by atoms with van der Waals surface area (Å²) in [5, 5.41) is 0.196. The molecule has 0 aliphatic carbocycles. The third-order valence-electron chi connectivity index (χ3n) is 2.55. The number of hydrogen-bond acceptors (Lipinski definition) is 2. The maximum absolute atomic E-state index is 13.6. The van der Waals surface area contributed by atoms with Gasteiger partial charge in [0.1, 0.15) is 10.7 Å². The third kappa shape index (κ3) is 3.31. The molecule has 7 heteroatoms. The van der Waals surface area contributed by atoms with Crippen molar-refractivity contribution in [2.75, 3.05) is 4.72 Å². The van der Waals surface area contributed by atoms with Crippen LogP contribution in [0.3, 0.4) is 0 Å². The van der Waals surface area contributed by atoms with Gasteiger partial charge in [-0.05, 0) is 58.7 Å². The molecule has 0 aliphatic heterocycles. The lowest BCUT2D eigenvalue weighted by atomic mass is 10.2. The van der Waals surface area contributed by atoms with Gasteiger partial charge in [-0.2, -0.15) is 0 Å². The average molecular weight is 379 g/mol. The molecule has 0 amide bonds. The largest absolute Gasteiger partial charge is 0.277 e. The van der Waals surface area contributed by atoms with Crippen LogP contribution in [0.4, 0.5) is 10.1 Å². The van der Waals surface area contributed by atoms with Crippen LogP contribution in [0.5, 0.6) is 0 Å². The fourth-order valence-corrected chi connectivity index (χ4v) is 4.01. The first-order chi connectivity index (χ1) is 9.29. The molecule has 0 heterocycles. The molecule has 0 aromatic heterocycles. The Labute approximate surface area is 130 Å². The highest BCUT2D eigenvalue weighted by Crippen LogP contribution is 2.27. The molecule has 0 unspecified atom stereocenters. The van der Waals surface area contributed by atoms with Crippen LogP contribution < -0.4 is 4.72 Å². The molecule has 0 radical (unpaired) electrons. The summed E-state index contributed by atoms with van der Waals surface area (Å²) in [4.78, 5) is 0.0393. The van der Waals surface area contributed by atoms with Gasteiger partial charge in [0.25, 0.3) is 10.0 Å². The van der Waals surface area contributed by atoms with Gasteiger partial charge >= 0.3 is 0 Å². The van der Waals surface area contributed by atoms with Gasteiger partial charge in [-0.3, -0.25) is 4.72 Å². The van der Waals surface area contributed by atoms with Crippen LogP contribution in [0.15, 0.2) is 45.8 Å². The van der Waals surface area contributed by atoms with E-state index in [1.165, 1.54) is 18.2 Å². The zero-order valence-electron chi connectivity index (χ0n) is 10.3. The third-order valence-corrected chi connectivity index (χ3v) is 5.13. The van der Waals surface area contributed by atoms with Crippen molar-refractivity contribution in [1.82, 2.24) is 0 Å².